The van der Waals surface area contributed by atoms with Crippen molar-refractivity contribution in [3.63, 3.8) is 0 Å². The van der Waals surface area contributed by atoms with Crippen LogP contribution in [0.5, 0.6) is 0 Å². The Labute approximate surface area is 210 Å². The third-order valence-electron chi connectivity index (χ3n) is 6.70. The number of hydrogen-bond donors (Lipinski definition) is 1. The molecule has 0 spiro atoms. The Hall–Kier alpha value is -2.32. The fourth-order valence-corrected chi connectivity index (χ4v) is 4.00. The van der Waals surface area contributed by atoms with Gasteiger partial charge in [-0.25, -0.2) is 9.59 Å². The van der Waals surface area contributed by atoms with Gasteiger partial charge in [-0.05, 0) is 91.6 Å². The summed E-state index contributed by atoms with van der Waals surface area (Å²) in [6, 6.07) is 7.10. The van der Waals surface area contributed by atoms with E-state index in [9.17, 15) is 9.59 Å². The molecule has 0 unspecified atom stereocenters. The minimum atomic E-state index is -0.814. The first kappa shape index (κ1) is 27.3. The van der Waals surface area contributed by atoms with Crippen LogP contribution in [0.1, 0.15) is 86.1 Å². The molecule has 1 saturated heterocycles. The van der Waals surface area contributed by atoms with Crippen LogP contribution in [-0.2, 0) is 23.6 Å². The lowest BCUT2D eigenvalue weighted by Gasteiger charge is -2.32. The Bertz CT molecular complexity index is 897. The standard InChI is InChI=1S/C27H40BNO6/c1-25(2,3)33-24(31)29-22(23(30)32-21-12-8-9-13-21)14-10-11-19-15-17-20(18-16-19)28-34-26(4,5)27(6,7)35-28/h10-11,15-18,21-22H,8-9,12-14H2,1-7H3,(H,29,31)/b11-10+/t22-/m0/s1. The Kier molecular flexibility index (Phi) is 8.38. The molecule has 192 valence electrons. The zero-order chi connectivity index (χ0) is 25.9. The summed E-state index contributed by atoms with van der Waals surface area (Å²) in [4.78, 5) is 25.1. The van der Waals surface area contributed by atoms with Crippen LogP contribution in [0, 0.1) is 0 Å². The molecule has 1 aromatic carbocycles. The lowest BCUT2D eigenvalue weighted by atomic mass is 9.79. The van der Waals surface area contributed by atoms with E-state index in [4.69, 9.17) is 18.8 Å². The Morgan fingerprint density at radius 2 is 1.66 bits per heavy atom. The molecule has 1 heterocycles. The maximum Gasteiger partial charge on any atom is 0.494 e. The van der Waals surface area contributed by atoms with E-state index in [2.05, 4.69) is 5.32 Å². The number of carbonyl (C=O) groups is 2. The second-order valence-corrected chi connectivity index (χ2v) is 11.4. The topological polar surface area (TPSA) is 83.1 Å². The molecule has 3 rings (SSSR count). The minimum absolute atomic E-state index is 0.0723. The number of rotatable bonds is 7. The molecule has 1 amide bonds. The largest absolute Gasteiger partial charge is 0.494 e. The van der Waals surface area contributed by atoms with Crippen molar-refractivity contribution < 1.29 is 28.4 Å². The number of hydrogen-bond acceptors (Lipinski definition) is 6. The van der Waals surface area contributed by atoms with Crippen molar-refractivity contribution in [2.75, 3.05) is 0 Å². The number of esters is 1. The van der Waals surface area contributed by atoms with Gasteiger partial charge in [0.1, 0.15) is 17.7 Å². The summed E-state index contributed by atoms with van der Waals surface area (Å²) in [6.07, 6.45) is 7.23. The van der Waals surface area contributed by atoms with Gasteiger partial charge in [0.15, 0.2) is 0 Å². The van der Waals surface area contributed by atoms with Crippen molar-refractivity contribution in [1.29, 1.82) is 0 Å². The molecule has 2 fully saturated rings. The van der Waals surface area contributed by atoms with Crippen LogP contribution >= 0.6 is 0 Å². The quantitative estimate of drug-likeness (QED) is 0.443. The molecule has 35 heavy (non-hydrogen) atoms. The van der Waals surface area contributed by atoms with Gasteiger partial charge in [0.25, 0.3) is 0 Å². The average molecular weight is 485 g/mol. The summed E-state index contributed by atoms with van der Waals surface area (Å²) >= 11 is 0. The van der Waals surface area contributed by atoms with E-state index in [1.165, 1.54) is 0 Å². The van der Waals surface area contributed by atoms with Gasteiger partial charge in [-0.15, -0.1) is 0 Å². The maximum absolute atomic E-state index is 12.8. The molecule has 1 aliphatic heterocycles. The molecule has 1 atom stereocenters. The van der Waals surface area contributed by atoms with E-state index < -0.39 is 30.8 Å². The third kappa shape index (κ3) is 7.58. The molecule has 1 saturated carbocycles. The molecular formula is C27H40BNO6. The van der Waals surface area contributed by atoms with Crippen LogP contribution in [0.4, 0.5) is 4.79 Å². The highest BCUT2D eigenvalue weighted by Gasteiger charge is 2.51. The van der Waals surface area contributed by atoms with Gasteiger partial charge in [-0.1, -0.05) is 36.4 Å². The molecular weight excluding hydrogens is 445 g/mol. The van der Waals surface area contributed by atoms with Gasteiger partial charge >= 0.3 is 19.2 Å². The van der Waals surface area contributed by atoms with Crippen LogP contribution in [0.3, 0.4) is 0 Å². The maximum atomic E-state index is 12.8. The molecule has 1 N–H and O–H groups in total. The first-order valence-electron chi connectivity index (χ1n) is 12.6. The zero-order valence-corrected chi connectivity index (χ0v) is 22.2. The molecule has 1 aliphatic carbocycles. The molecule has 0 aromatic heterocycles. The van der Waals surface area contributed by atoms with Crippen molar-refractivity contribution in [2.24, 2.45) is 0 Å². The first-order valence-corrected chi connectivity index (χ1v) is 12.6. The van der Waals surface area contributed by atoms with Gasteiger partial charge in [-0.3, -0.25) is 0 Å². The highest BCUT2D eigenvalue weighted by Crippen LogP contribution is 2.36. The van der Waals surface area contributed by atoms with E-state index in [1.807, 2.05) is 64.1 Å². The summed E-state index contributed by atoms with van der Waals surface area (Å²) < 4.78 is 23.2. The van der Waals surface area contributed by atoms with E-state index in [0.29, 0.717) is 6.42 Å². The Balaban J connectivity index is 1.62. The van der Waals surface area contributed by atoms with E-state index in [1.54, 1.807) is 20.8 Å². The number of ether oxygens (including phenoxy) is 2. The highest BCUT2D eigenvalue weighted by atomic mass is 16.7. The lowest BCUT2D eigenvalue weighted by molar-refractivity contribution is -0.151. The highest BCUT2D eigenvalue weighted by molar-refractivity contribution is 6.62. The number of alkyl carbamates (subject to hydrolysis) is 1. The number of benzene rings is 1. The van der Waals surface area contributed by atoms with E-state index >= 15 is 0 Å². The fraction of sp³-hybridized carbons (Fsp3) is 0.630. The number of carbonyl (C=O) groups excluding carboxylic acids is 2. The predicted octanol–water partition coefficient (Wildman–Crippen LogP) is 4.77. The summed E-state index contributed by atoms with van der Waals surface area (Å²) in [7, 11) is -0.411. The second kappa shape index (κ2) is 10.7. The molecule has 1 aromatic rings. The third-order valence-corrected chi connectivity index (χ3v) is 6.70. The van der Waals surface area contributed by atoms with Gasteiger partial charge in [0, 0.05) is 0 Å². The Morgan fingerprint density at radius 3 is 2.20 bits per heavy atom. The second-order valence-electron chi connectivity index (χ2n) is 11.4. The fourth-order valence-electron chi connectivity index (χ4n) is 4.00. The van der Waals surface area contributed by atoms with Crippen LogP contribution in [-0.4, -0.2) is 48.1 Å². The SMILES string of the molecule is CC(C)(C)OC(=O)N[C@@H](C/C=C/c1ccc(B2OC(C)(C)C(C)(C)O2)cc1)C(=O)OC1CCCC1. The zero-order valence-electron chi connectivity index (χ0n) is 22.2. The predicted molar refractivity (Wildman–Crippen MR) is 137 cm³/mol. The number of nitrogens with one attached hydrogen (secondary N) is 1. The van der Waals surface area contributed by atoms with Crippen molar-refractivity contribution in [1.82, 2.24) is 5.32 Å². The van der Waals surface area contributed by atoms with E-state index in [-0.39, 0.29) is 17.3 Å². The van der Waals surface area contributed by atoms with E-state index in [0.717, 1.165) is 36.7 Å². The molecule has 7 nitrogen and oxygen atoms in total. The summed E-state index contributed by atoms with van der Waals surface area (Å²) in [6.45, 7) is 13.5. The smallest absolute Gasteiger partial charge is 0.461 e. The average Bonchev–Trinajstić information content (AvgIpc) is 3.31. The van der Waals surface area contributed by atoms with Gasteiger partial charge < -0.3 is 24.1 Å². The van der Waals surface area contributed by atoms with Crippen LogP contribution < -0.4 is 10.8 Å². The molecule has 0 bridgehead atoms. The van der Waals surface area contributed by atoms with Crippen molar-refractivity contribution in [3.8, 4) is 0 Å². The van der Waals surface area contributed by atoms with Gasteiger partial charge in [0.05, 0.1) is 11.2 Å². The molecule has 0 radical (unpaired) electrons. The summed E-state index contributed by atoms with van der Waals surface area (Å²) in [5.41, 5.74) is 0.480. The van der Waals surface area contributed by atoms with Crippen LogP contribution in [0.25, 0.3) is 6.08 Å². The van der Waals surface area contributed by atoms with Crippen molar-refractivity contribution >= 4 is 30.7 Å². The van der Waals surface area contributed by atoms with Crippen molar-refractivity contribution in [3.05, 3.63) is 35.9 Å². The first-order chi connectivity index (χ1) is 16.3. The monoisotopic (exact) mass is 485 g/mol. The van der Waals surface area contributed by atoms with Gasteiger partial charge in [0.2, 0.25) is 0 Å². The summed E-state index contributed by atoms with van der Waals surface area (Å²) in [5, 5.41) is 2.68. The van der Waals surface area contributed by atoms with Crippen molar-refractivity contribution in [2.45, 2.75) is 110 Å². The molecule has 2 aliphatic rings. The minimum Gasteiger partial charge on any atom is -0.461 e. The van der Waals surface area contributed by atoms with Crippen LogP contribution in [0.15, 0.2) is 30.3 Å². The molecule has 8 heteroatoms. The summed E-state index contributed by atoms with van der Waals surface area (Å²) in [5.74, 6) is -0.427. The van der Waals surface area contributed by atoms with Crippen LogP contribution in [0.2, 0.25) is 0 Å². The lowest BCUT2D eigenvalue weighted by Crippen LogP contribution is -2.44. The number of amides is 1. The normalized spacial score (nSPS) is 20.7. The van der Waals surface area contributed by atoms with Gasteiger partial charge in [-0.2, -0.15) is 0 Å². The Morgan fingerprint density at radius 1 is 1.09 bits per heavy atom.